The number of nitrogens with one attached hydrogen (secondary N) is 1. The van der Waals surface area contributed by atoms with E-state index in [4.69, 9.17) is 4.74 Å². The number of ether oxygens (including phenoxy) is 1. The Labute approximate surface area is 226 Å². The molecule has 38 heavy (non-hydrogen) atoms. The number of nitrogens with zero attached hydrogens (tertiary/aromatic N) is 1. The van der Waals surface area contributed by atoms with Crippen molar-refractivity contribution in [1.82, 2.24) is 4.90 Å². The Bertz CT molecular complexity index is 1430. The van der Waals surface area contributed by atoms with Crippen molar-refractivity contribution in [2.75, 3.05) is 31.6 Å². The minimum absolute atomic E-state index is 0.0729. The number of carbonyl (C=O) groups excluding carboxylic acids is 1. The molecular weight excluding hydrogens is 496 g/mol. The van der Waals surface area contributed by atoms with Crippen LogP contribution in [0.3, 0.4) is 0 Å². The summed E-state index contributed by atoms with van der Waals surface area (Å²) in [7, 11) is 0. The molecule has 0 bridgehead atoms. The van der Waals surface area contributed by atoms with Crippen LogP contribution in [0.5, 0.6) is 5.75 Å². The lowest BCUT2D eigenvalue weighted by Crippen LogP contribution is -2.25. The quantitative estimate of drug-likeness (QED) is 0.251. The number of fused-ring (bicyclic) bond motifs is 1. The topological polar surface area (TPSA) is 78.9 Å². The van der Waals surface area contributed by atoms with E-state index in [0.717, 1.165) is 33.0 Å². The molecule has 0 spiro atoms. The van der Waals surface area contributed by atoms with Gasteiger partial charge >= 0.3 is 5.97 Å². The van der Waals surface area contributed by atoms with Crippen molar-refractivity contribution in [2.24, 2.45) is 0 Å². The van der Waals surface area contributed by atoms with Gasteiger partial charge in [-0.1, -0.05) is 48.2 Å². The number of anilines is 1. The van der Waals surface area contributed by atoms with Crippen LogP contribution in [0.2, 0.25) is 0 Å². The summed E-state index contributed by atoms with van der Waals surface area (Å²) in [5, 5.41) is 14.3. The van der Waals surface area contributed by atoms with Gasteiger partial charge in [-0.15, -0.1) is 0 Å². The van der Waals surface area contributed by atoms with Crippen molar-refractivity contribution in [1.29, 1.82) is 0 Å². The van der Waals surface area contributed by atoms with Crippen LogP contribution in [0.4, 0.5) is 5.69 Å². The molecule has 5 rings (SSSR count). The molecule has 1 amide bonds. The Hall–Kier alpha value is -3.81. The molecule has 0 aliphatic carbocycles. The molecule has 1 heterocycles. The molecule has 0 saturated carbocycles. The number of benzene rings is 4. The zero-order valence-electron chi connectivity index (χ0n) is 21.1. The average Bonchev–Trinajstić information content (AvgIpc) is 3.43. The van der Waals surface area contributed by atoms with Gasteiger partial charge < -0.3 is 15.2 Å². The van der Waals surface area contributed by atoms with E-state index in [-0.39, 0.29) is 17.9 Å². The van der Waals surface area contributed by atoms with E-state index in [0.29, 0.717) is 12.3 Å². The Morgan fingerprint density at radius 2 is 1.61 bits per heavy atom. The summed E-state index contributed by atoms with van der Waals surface area (Å²) in [5.74, 6) is -0.434. The first-order valence-electron chi connectivity index (χ1n) is 12.8. The van der Waals surface area contributed by atoms with Gasteiger partial charge in [0.2, 0.25) is 5.91 Å². The van der Waals surface area contributed by atoms with E-state index in [1.807, 2.05) is 30.3 Å². The van der Waals surface area contributed by atoms with E-state index in [2.05, 4.69) is 40.5 Å². The summed E-state index contributed by atoms with van der Waals surface area (Å²) in [6.07, 6.45) is 2.74. The molecule has 194 valence electrons. The third-order valence-electron chi connectivity index (χ3n) is 6.61. The van der Waals surface area contributed by atoms with Gasteiger partial charge in [0.05, 0.1) is 17.7 Å². The number of likely N-dealkylation sites (tertiary alicyclic amines) is 1. The molecule has 2 N–H and O–H groups in total. The Morgan fingerprint density at radius 3 is 2.39 bits per heavy atom. The van der Waals surface area contributed by atoms with Crippen LogP contribution >= 0.6 is 11.8 Å². The number of hydrogen-bond donors (Lipinski definition) is 2. The molecule has 7 heteroatoms. The van der Waals surface area contributed by atoms with Crippen LogP contribution in [0.1, 0.15) is 28.8 Å². The first-order valence-corrected chi connectivity index (χ1v) is 13.6. The van der Waals surface area contributed by atoms with Crippen LogP contribution in [0.25, 0.3) is 10.8 Å². The lowest BCUT2D eigenvalue weighted by Gasteiger charge is -2.15. The highest BCUT2D eigenvalue weighted by Gasteiger charge is 2.13. The second-order valence-corrected chi connectivity index (χ2v) is 10.5. The van der Waals surface area contributed by atoms with Crippen molar-refractivity contribution >= 4 is 40.1 Å². The maximum Gasteiger partial charge on any atom is 0.337 e. The molecular formula is C31H30N2O4S. The Kier molecular flexibility index (Phi) is 8.26. The lowest BCUT2D eigenvalue weighted by atomic mass is 10.1. The van der Waals surface area contributed by atoms with Crippen molar-refractivity contribution < 1.29 is 19.4 Å². The summed E-state index contributed by atoms with van der Waals surface area (Å²) in [6, 6.07) is 26.9. The second kappa shape index (κ2) is 12.2. The highest BCUT2D eigenvalue weighted by molar-refractivity contribution is 7.99. The predicted molar refractivity (Wildman–Crippen MR) is 151 cm³/mol. The zero-order chi connectivity index (χ0) is 26.3. The van der Waals surface area contributed by atoms with Gasteiger partial charge in [-0.2, -0.15) is 0 Å². The van der Waals surface area contributed by atoms with Gasteiger partial charge in [0.25, 0.3) is 0 Å². The number of hydrogen-bond acceptors (Lipinski definition) is 5. The van der Waals surface area contributed by atoms with Crippen LogP contribution in [-0.2, 0) is 11.2 Å². The Morgan fingerprint density at radius 1 is 0.868 bits per heavy atom. The molecule has 1 saturated heterocycles. The van der Waals surface area contributed by atoms with Crippen molar-refractivity contribution in [3.05, 3.63) is 96.1 Å². The van der Waals surface area contributed by atoms with Crippen molar-refractivity contribution in [3.63, 3.8) is 0 Å². The molecule has 0 unspecified atom stereocenters. The third-order valence-corrected chi connectivity index (χ3v) is 7.61. The fraction of sp³-hybridized carbons (Fsp3) is 0.226. The number of rotatable bonds is 10. The normalized spacial score (nSPS) is 13.5. The zero-order valence-corrected chi connectivity index (χ0v) is 21.9. The molecule has 4 aromatic rings. The van der Waals surface area contributed by atoms with Crippen LogP contribution < -0.4 is 10.1 Å². The molecule has 4 aromatic carbocycles. The first-order chi connectivity index (χ1) is 18.5. The van der Waals surface area contributed by atoms with Gasteiger partial charge in [0.15, 0.2) is 0 Å². The monoisotopic (exact) mass is 526 g/mol. The fourth-order valence-corrected chi connectivity index (χ4v) is 5.49. The van der Waals surface area contributed by atoms with Crippen LogP contribution in [0, 0.1) is 0 Å². The van der Waals surface area contributed by atoms with Gasteiger partial charge in [0, 0.05) is 16.3 Å². The molecule has 0 radical (unpaired) electrons. The third kappa shape index (κ3) is 6.73. The maximum atomic E-state index is 12.5. The second-order valence-electron chi connectivity index (χ2n) is 9.39. The van der Waals surface area contributed by atoms with Crippen molar-refractivity contribution in [3.8, 4) is 5.75 Å². The summed E-state index contributed by atoms with van der Waals surface area (Å²) >= 11 is 1.67. The summed E-state index contributed by atoms with van der Waals surface area (Å²) in [6.45, 7) is 4.03. The molecule has 1 fully saturated rings. The predicted octanol–water partition coefficient (Wildman–Crippen LogP) is 6.35. The molecule has 0 atom stereocenters. The van der Waals surface area contributed by atoms with E-state index >= 15 is 0 Å². The lowest BCUT2D eigenvalue weighted by molar-refractivity contribution is -0.115. The number of amides is 1. The van der Waals surface area contributed by atoms with Crippen LogP contribution in [-0.4, -0.2) is 48.1 Å². The number of aromatic carboxylic acids is 1. The number of para-hydroxylation sites is 1. The van der Waals surface area contributed by atoms with Gasteiger partial charge in [-0.05, 0) is 90.8 Å². The Balaban J connectivity index is 1.18. The SMILES string of the molecule is O=C(Cc1ccc(Sc2ccc3ccc(OCCN4CCCC4)cc3c2)cc1)Nc1ccccc1C(=O)O. The van der Waals surface area contributed by atoms with Gasteiger partial charge in [-0.3, -0.25) is 9.69 Å². The van der Waals surface area contributed by atoms with Crippen molar-refractivity contribution in [2.45, 2.75) is 29.1 Å². The molecule has 6 nitrogen and oxygen atoms in total. The summed E-state index contributed by atoms with van der Waals surface area (Å²) in [4.78, 5) is 28.5. The minimum Gasteiger partial charge on any atom is -0.492 e. The van der Waals surface area contributed by atoms with E-state index < -0.39 is 5.97 Å². The van der Waals surface area contributed by atoms with Crippen LogP contribution in [0.15, 0.2) is 94.7 Å². The number of carboxylic acid groups (broad SMARTS) is 1. The summed E-state index contributed by atoms with van der Waals surface area (Å²) in [5.41, 5.74) is 1.23. The molecule has 0 aromatic heterocycles. The number of carbonyl (C=O) groups is 2. The average molecular weight is 527 g/mol. The van der Waals surface area contributed by atoms with Gasteiger partial charge in [-0.25, -0.2) is 4.79 Å². The van der Waals surface area contributed by atoms with E-state index in [1.54, 1.807) is 30.0 Å². The first kappa shape index (κ1) is 25.8. The van der Waals surface area contributed by atoms with Gasteiger partial charge in [0.1, 0.15) is 12.4 Å². The molecule has 1 aliphatic rings. The van der Waals surface area contributed by atoms with E-state index in [1.165, 1.54) is 37.4 Å². The summed E-state index contributed by atoms with van der Waals surface area (Å²) < 4.78 is 6.02. The maximum absolute atomic E-state index is 12.5. The number of carboxylic acids is 1. The fourth-order valence-electron chi connectivity index (χ4n) is 4.62. The largest absolute Gasteiger partial charge is 0.492 e. The smallest absolute Gasteiger partial charge is 0.337 e. The standard InChI is InChI=1S/C31H30N2O4S/c34-30(32-29-6-2-1-5-28(29)31(35)36)19-22-7-12-26(13-8-22)38-27-14-10-23-9-11-25(20-24(23)21-27)37-18-17-33-15-3-4-16-33/h1-2,5-14,20-21H,3-4,15-19H2,(H,32,34)(H,35,36). The minimum atomic E-state index is -1.07. The highest BCUT2D eigenvalue weighted by Crippen LogP contribution is 2.32. The molecule has 1 aliphatic heterocycles. The highest BCUT2D eigenvalue weighted by atomic mass is 32.2. The van der Waals surface area contributed by atoms with E-state index in [9.17, 15) is 14.7 Å².